The molecule has 18 heavy (non-hydrogen) atoms. The average Bonchev–Trinajstić information content (AvgIpc) is 2.81. The summed E-state index contributed by atoms with van der Waals surface area (Å²) in [7, 11) is 0. The van der Waals surface area contributed by atoms with Gasteiger partial charge in [0.25, 0.3) is 0 Å². The van der Waals surface area contributed by atoms with Gasteiger partial charge in [-0.3, -0.25) is 0 Å². The Hall–Kier alpha value is -0.770. The zero-order chi connectivity index (χ0) is 13.6. The summed E-state index contributed by atoms with van der Waals surface area (Å²) >= 11 is 0. The highest BCUT2D eigenvalue weighted by molar-refractivity contribution is 5.73. The van der Waals surface area contributed by atoms with E-state index in [-0.39, 0.29) is 11.4 Å². The highest BCUT2D eigenvalue weighted by Crippen LogP contribution is 2.36. The van der Waals surface area contributed by atoms with Crippen molar-refractivity contribution in [3.8, 4) is 0 Å². The zero-order valence-electron chi connectivity index (χ0n) is 12.0. The quantitative estimate of drug-likeness (QED) is 0.683. The SMILES string of the molecule is CCC(O)(CC)CNC(=O)NCC1(C)CCCC1. The second kappa shape index (κ2) is 6.41. The highest BCUT2D eigenvalue weighted by Gasteiger charge is 2.29. The monoisotopic (exact) mass is 256 g/mol. The first-order chi connectivity index (χ1) is 8.43. The molecule has 2 amide bonds. The van der Waals surface area contributed by atoms with Gasteiger partial charge in [-0.2, -0.15) is 0 Å². The van der Waals surface area contributed by atoms with Crippen LogP contribution in [0.5, 0.6) is 0 Å². The lowest BCUT2D eigenvalue weighted by atomic mass is 9.89. The Kier molecular flexibility index (Phi) is 5.45. The molecule has 0 spiro atoms. The maximum Gasteiger partial charge on any atom is 0.314 e. The Bertz CT molecular complexity index is 259. The molecule has 1 saturated carbocycles. The number of carbonyl (C=O) groups is 1. The molecule has 0 saturated heterocycles. The van der Waals surface area contributed by atoms with Gasteiger partial charge in [0.05, 0.1) is 5.60 Å². The van der Waals surface area contributed by atoms with Crippen molar-refractivity contribution in [1.82, 2.24) is 10.6 Å². The molecule has 1 aliphatic carbocycles. The number of carbonyl (C=O) groups excluding carboxylic acids is 1. The number of urea groups is 1. The normalized spacial score (nSPS) is 18.7. The predicted molar refractivity (Wildman–Crippen MR) is 73.5 cm³/mol. The Balaban J connectivity index is 2.25. The van der Waals surface area contributed by atoms with E-state index in [1.807, 2.05) is 13.8 Å². The van der Waals surface area contributed by atoms with Gasteiger partial charge in [-0.15, -0.1) is 0 Å². The lowest BCUT2D eigenvalue weighted by Crippen LogP contribution is -2.47. The molecular weight excluding hydrogens is 228 g/mol. The molecule has 0 aromatic rings. The van der Waals surface area contributed by atoms with Gasteiger partial charge < -0.3 is 15.7 Å². The first-order valence-corrected chi connectivity index (χ1v) is 7.17. The number of amides is 2. The van der Waals surface area contributed by atoms with E-state index < -0.39 is 5.60 Å². The molecule has 4 nitrogen and oxygen atoms in total. The second-order valence-corrected chi connectivity index (χ2v) is 5.99. The van der Waals surface area contributed by atoms with Crippen molar-refractivity contribution in [2.24, 2.45) is 5.41 Å². The van der Waals surface area contributed by atoms with Gasteiger partial charge in [-0.25, -0.2) is 4.79 Å². The summed E-state index contributed by atoms with van der Waals surface area (Å²) in [5, 5.41) is 15.8. The molecule has 106 valence electrons. The van der Waals surface area contributed by atoms with Gasteiger partial charge in [0.2, 0.25) is 0 Å². The summed E-state index contributed by atoms with van der Waals surface area (Å²) in [4.78, 5) is 11.7. The molecule has 0 bridgehead atoms. The van der Waals surface area contributed by atoms with Crippen molar-refractivity contribution in [1.29, 1.82) is 0 Å². The van der Waals surface area contributed by atoms with Crippen LogP contribution in [0.25, 0.3) is 0 Å². The van der Waals surface area contributed by atoms with Crippen LogP contribution in [0, 0.1) is 5.41 Å². The fraction of sp³-hybridized carbons (Fsp3) is 0.929. The largest absolute Gasteiger partial charge is 0.388 e. The van der Waals surface area contributed by atoms with Gasteiger partial charge >= 0.3 is 6.03 Å². The third-order valence-corrected chi connectivity index (χ3v) is 4.38. The van der Waals surface area contributed by atoms with Crippen LogP contribution >= 0.6 is 0 Å². The lowest BCUT2D eigenvalue weighted by Gasteiger charge is -2.27. The molecule has 1 rings (SSSR count). The lowest BCUT2D eigenvalue weighted by molar-refractivity contribution is 0.0349. The molecule has 0 heterocycles. The Morgan fingerprint density at radius 3 is 2.28 bits per heavy atom. The van der Waals surface area contributed by atoms with Gasteiger partial charge in [-0.1, -0.05) is 33.6 Å². The number of rotatable bonds is 6. The van der Waals surface area contributed by atoms with Crippen molar-refractivity contribution in [2.75, 3.05) is 13.1 Å². The summed E-state index contributed by atoms with van der Waals surface area (Å²) in [6.07, 6.45) is 6.24. The van der Waals surface area contributed by atoms with E-state index in [4.69, 9.17) is 0 Å². The zero-order valence-corrected chi connectivity index (χ0v) is 12.0. The van der Waals surface area contributed by atoms with Gasteiger partial charge in [-0.05, 0) is 31.1 Å². The predicted octanol–water partition coefficient (Wildman–Crippen LogP) is 2.42. The molecule has 0 radical (unpaired) electrons. The fourth-order valence-electron chi connectivity index (χ4n) is 2.51. The van der Waals surface area contributed by atoms with Gasteiger partial charge in [0, 0.05) is 13.1 Å². The first-order valence-electron chi connectivity index (χ1n) is 7.17. The number of nitrogens with one attached hydrogen (secondary N) is 2. The third kappa shape index (κ3) is 4.48. The van der Waals surface area contributed by atoms with Crippen LogP contribution in [0.4, 0.5) is 4.79 Å². The van der Waals surface area contributed by atoms with Crippen LogP contribution < -0.4 is 10.6 Å². The van der Waals surface area contributed by atoms with Crippen molar-refractivity contribution in [3.05, 3.63) is 0 Å². The van der Waals surface area contributed by atoms with Gasteiger partial charge in [0.1, 0.15) is 0 Å². The fourth-order valence-corrected chi connectivity index (χ4v) is 2.51. The summed E-state index contributed by atoms with van der Waals surface area (Å²) in [5.74, 6) is 0. The molecule has 1 aliphatic rings. The molecular formula is C14H28N2O2. The number of hydrogen-bond donors (Lipinski definition) is 3. The van der Waals surface area contributed by atoms with Crippen molar-refractivity contribution >= 4 is 6.03 Å². The third-order valence-electron chi connectivity index (χ3n) is 4.38. The van der Waals surface area contributed by atoms with Crippen LogP contribution in [0.15, 0.2) is 0 Å². The summed E-state index contributed by atoms with van der Waals surface area (Å²) in [5.41, 5.74) is -0.502. The van der Waals surface area contributed by atoms with Crippen LogP contribution in [0.1, 0.15) is 59.3 Å². The maximum atomic E-state index is 11.7. The van der Waals surface area contributed by atoms with Crippen LogP contribution in [0.3, 0.4) is 0 Å². The van der Waals surface area contributed by atoms with E-state index in [0.717, 1.165) is 6.54 Å². The van der Waals surface area contributed by atoms with E-state index in [1.165, 1.54) is 25.7 Å². The molecule has 0 atom stereocenters. The first kappa shape index (κ1) is 15.3. The molecule has 0 aromatic carbocycles. The molecule has 0 aromatic heterocycles. The van der Waals surface area contributed by atoms with E-state index >= 15 is 0 Å². The van der Waals surface area contributed by atoms with E-state index in [1.54, 1.807) is 0 Å². The molecule has 1 fully saturated rings. The topological polar surface area (TPSA) is 61.4 Å². The summed E-state index contributed by atoms with van der Waals surface area (Å²) in [6.45, 7) is 7.15. The van der Waals surface area contributed by atoms with E-state index in [9.17, 15) is 9.90 Å². The summed E-state index contributed by atoms with van der Waals surface area (Å²) < 4.78 is 0. The molecule has 3 N–H and O–H groups in total. The van der Waals surface area contributed by atoms with Crippen molar-refractivity contribution in [3.63, 3.8) is 0 Å². The second-order valence-electron chi connectivity index (χ2n) is 5.99. The Morgan fingerprint density at radius 2 is 1.78 bits per heavy atom. The standard InChI is InChI=1S/C14H28N2O2/c1-4-14(18,5-2)11-16-12(17)15-10-13(3)8-6-7-9-13/h18H,4-11H2,1-3H3,(H2,15,16,17). The Labute approximate surface area is 111 Å². The van der Waals surface area contributed by atoms with Crippen LogP contribution in [-0.4, -0.2) is 29.8 Å². The van der Waals surface area contributed by atoms with Crippen molar-refractivity contribution < 1.29 is 9.90 Å². The van der Waals surface area contributed by atoms with E-state index in [0.29, 0.717) is 19.4 Å². The van der Waals surface area contributed by atoms with Crippen molar-refractivity contribution in [2.45, 2.75) is 64.9 Å². The minimum atomic E-state index is -0.769. The van der Waals surface area contributed by atoms with E-state index in [2.05, 4.69) is 17.6 Å². The molecule has 0 aliphatic heterocycles. The van der Waals surface area contributed by atoms with Crippen LogP contribution in [0.2, 0.25) is 0 Å². The minimum Gasteiger partial charge on any atom is -0.388 e. The van der Waals surface area contributed by atoms with Gasteiger partial charge in [0.15, 0.2) is 0 Å². The number of hydrogen-bond acceptors (Lipinski definition) is 2. The highest BCUT2D eigenvalue weighted by atomic mass is 16.3. The number of aliphatic hydroxyl groups is 1. The summed E-state index contributed by atoms with van der Waals surface area (Å²) in [6, 6.07) is -0.163. The maximum absolute atomic E-state index is 11.7. The smallest absolute Gasteiger partial charge is 0.314 e. The average molecular weight is 256 g/mol. The Morgan fingerprint density at radius 1 is 1.22 bits per heavy atom. The minimum absolute atomic E-state index is 0.163. The molecule has 4 heteroatoms. The molecule has 0 unspecified atom stereocenters. The van der Waals surface area contributed by atoms with Crippen LogP contribution in [-0.2, 0) is 0 Å².